The number of unbranched alkanes of at least 4 members (excludes halogenated alkanes) is 3. The predicted octanol–water partition coefficient (Wildman–Crippen LogP) is 1.88. The molecule has 0 aromatic carbocycles. The average Bonchev–Trinajstić information content (AvgIpc) is 2.02. The quantitative estimate of drug-likeness (QED) is 0.511. The Morgan fingerprint density at radius 1 is 1.31 bits per heavy atom. The van der Waals surface area contributed by atoms with Gasteiger partial charge >= 0.3 is 5.97 Å². The molecule has 0 atom stereocenters. The minimum atomic E-state index is -1.36. The van der Waals surface area contributed by atoms with Crippen molar-refractivity contribution in [1.82, 2.24) is 0 Å². The van der Waals surface area contributed by atoms with Gasteiger partial charge in [0.1, 0.15) is 0 Å². The van der Waals surface area contributed by atoms with Crippen LogP contribution in [0.5, 0.6) is 0 Å². The minimum absolute atomic E-state index is 0.419. The Labute approximate surface area is 80.1 Å². The largest absolute Gasteiger partial charge is 0.464 e. The summed E-state index contributed by atoms with van der Waals surface area (Å²) in [6.45, 7) is 5.41. The molecule has 0 fully saturated rings. The first kappa shape index (κ1) is 12.4. The van der Waals surface area contributed by atoms with E-state index in [9.17, 15) is 9.90 Å². The van der Waals surface area contributed by atoms with Crippen LogP contribution in [-0.4, -0.2) is 23.3 Å². The highest BCUT2D eigenvalue weighted by Crippen LogP contribution is 2.05. The van der Waals surface area contributed by atoms with Gasteiger partial charge in [-0.2, -0.15) is 0 Å². The lowest BCUT2D eigenvalue weighted by molar-refractivity contribution is -0.161. The summed E-state index contributed by atoms with van der Waals surface area (Å²) in [5.74, 6) is -0.538. The lowest BCUT2D eigenvalue weighted by Gasteiger charge is -2.15. The summed E-state index contributed by atoms with van der Waals surface area (Å²) < 4.78 is 4.86. The van der Waals surface area contributed by atoms with Gasteiger partial charge in [-0.15, -0.1) is 0 Å². The van der Waals surface area contributed by atoms with E-state index in [1.165, 1.54) is 26.7 Å². The monoisotopic (exact) mass is 188 g/mol. The molecule has 0 spiro atoms. The topological polar surface area (TPSA) is 46.5 Å². The van der Waals surface area contributed by atoms with E-state index in [4.69, 9.17) is 4.74 Å². The third-order valence-corrected chi connectivity index (χ3v) is 1.73. The van der Waals surface area contributed by atoms with Gasteiger partial charge in [0, 0.05) is 0 Å². The third-order valence-electron chi connectivity index (χ3n) is 1.73. The van der Waals surface area contributed by atoms with Crippen LogP contribution >= 0.6 is 0 Å². The van der Waals surface area contributed by atoms with Crippen LogP contribution < -0.4 is 0 Å². The van der Waals surface area contributed by atoms with Gasteiger partial charge in [-0.25, -0.2) is 4.79 Å². The van der Waals surface area contributed by atoms with Gasteiger partial charge < -0.3 is 9.84 Å². The van der Waals surface area contributed by atoms with Crippen molar-refractivity contribution in [3.63, 3.8) is 0 Å². The summed E-state index contributed by atoms with van der Waals surface area (Å²) in [6.07, 6.45) is 4.30. The minimum Gasteiger partial charge on any atom is -0.464 e. The van der Waals surface area contributed by atoms with Crippen LogP contribution in [0.3, 0.4) is 0 Å². The SMILES string of the molecule is CCCCCCOC(=O)C(C)(C)O. The smallest absolute Gasteiger partial charge is 0.337 e. The zero-order chi connectivity index (χ0) is 10.3. The van der Waals surface area contributed by atoms with E-state index in [1.54, 1.807) is 0 Å². The maximum atomic E-state index is 11.0. The van der Waals surface area contributed by atoms with Crippen molar-refractivity contribution in [2.24, 2.45) is 0 Å². The van der Waals surface area contributed by atoms with E-state index >= 15 is 0 Å². The van der Waals surface area contributed by atoms with Crippen molar-refractivity contribution in [2.45, 2.75) is 52.1 Å². The Bertz CT molecular complexity index is 147. The van der Waals surface area contributed by atoms with Gasteiger partial charge in [0.2, 0.25) is 0 Å². The highest BCUT2D eigenvalue weighted by Gasteiger charge is 2.25. The Balaban J connectivity index is 3.38. The van der Waals surface area contributed by atoms with Crippen LogP contribution in [0, 0.1) is 0 Å². The van der Waals surface area contributed by atoms with Crippen molar-refractivity contribution >= 4 is 5.97 Å². The Morgan fingerprint density at radius 3 is 2.38 bits per heavy atom. The van der Waals surface area contributed by atoms with E-state index in [1.807, 2.05) is 0 Å². The van der Waals surface area contributed by atoms with Gasteiger partial charge in [0.05, 0.1) is 6.61 Å². The predicted molar refractivity (Wildman–Crippen MR) is 51.4 cm³/mol. The molecule has 3 nitrogen and oxygen atoms in total. The molecule has 0 saturated heterocycles. The van der Waals surface area contributed by atoms with Crippen LogP contribution in [0.1, 0.15) is 46.5 Å². The maximum absolute atomic E-state index is 11.0. The van der Waals surface area contributed by atoms with Crippen LogP contribution in [0.4, 0.5) is 0 Å². The molecule has 0 aromatic heterocycles. The average molecular weight is 188 g/mol. The summed E-state index contributed by atoms with van der Waals surface area (Å²) >= 11 is 0. The zero-order valence-electron chi connectivity index (χ0n) is 8.80. The van der Waals surface area contributed by atoms with Crippen LogP contribution in [0.15, 0.2) is 0 Å². The van der Waals surface area contributed by atoms with Gasteiger partial charge in [0.25, 0.3) is 0 Å². The fourth-order valence-electron chi connectivity index (χ4n) is 0.870. The van der Waals surface area contributed by atoms with E-state index in [-0.39, 0.29) is 0 Å². The normalized spacial score (nSPS) is 11.4. The molecule has 0 aliphatic heterocycles. The van der Waals surface area contributed by atoms with E-state index in [0.29, 0.717) is 6.61 Å². The first-order chi connectivity index (χ1) is 5.98. The third kappa shape index (κ3) is 6.58. The summed E-state index contributed by atoms with van der Waals surface area (Å²) in [6, 6.07) is 0. The van der Waals surface area contributed by atoms with Crippen molar-refractivity contribution in [1.29, 1.82) is 0 Å². The molecule has 0 radical (unpaired) electrons. The molecule has 0 aromatic rings. The molecule has 0 bridgehead atoms. The van der Waals surface area contributed by atoms with Crippen molar-refractivity contribution in [3.05, 3.63) is 0 Å². The summed E-state index contributed by atoms with van der Waals surface area (Å²) in [5, 5.41) is 9.21. The second kappa shape index (κ2) is 5.97. The highest BCUT2D eigenvalue weighted by atomic mass is 16.5. The van der Waals surface area contributed by atoms with Crippen molar-refractivity contribution < 1.29 is 14.6 Å². The summed E-state index contributed by atoms with van der Waals surface area (Å²) in [7, 11) is 0. The lowest BCUT2D eigenvalue weighted by Crippen LogP contribution is -2.33. The van der Waals surface area contributed by atoms with Crippen molar-refractivity contribution in [2.75, 3.05) is 6.61 Å². The van der Waals surface area contributed by atoms with Crippen molar-refractivity contribution in [3.8, 4) is 0 Å². The van der Waals surface area contributed by atoms with Gasteiger partial charge in [0.15, 0.2) is 5.60 Å². The molecule has 78 valence electrons. The number of ether oxygens (including phenoxy) is 1. The molecule has 13 heavy (non-hydrogen) atoms. The number of hydrogen-bond donors (Lipinski definition) is 1. The molecule has 3 heteroatoms. The summed E-state index contributed by atoms with van der Waals surface area (Å²) in [5.41, 5.74) is -1.36. The maximum Gasteiger partial charge on any atom is 0.337 e. The molecule has 0 rings (SSSR count). The Hall–Kier alpha value is -0.570. The van der Waals surface area contributed by atoms with E-state index < -0.39 is 11.6 Å². The first-order valence-corrected chi connectivity index (χ1v) is 4.88. The first-order valence-electron chi connectivity index (χ1n) is 4.88. The lowest BCUT2D eigenvalue weighted by atomic mass is 10.1. The highest BCUT2D eigenvalue weighted by molar-refractivity contribution is 5.78. The number of rotatable bonds is 6. The Kier molecular flexibility index (Phi) is 5.71. The molecular formula is C10H20O3. The number of carbonyl (C=O) groups excluding carboxylic acids is 1. The number of hydrogen-bond acceptors (Lipinski definition) is 3. The Morgan fingerprint density at radius 2 is 1.92 bits per heavy atom. The van der Waals surface area contributed by atoms with Crippen LogP contribution in [-0.2, 0) is 9.53 Å². The fourth-order valence-corrected chi connectivity index (χ4v) is 0.870. The van der Waals surface area contributed by atoms with Crippen LogP contribution in [0.2, 0.25) is 0 Å². The molecule has 0 aliphatic rings. The number of esters is 1. The fraction of sp³-hybridized carbons (Fsp3) is 0.900. The molecule has 1 N–H and O–H groups in total. The molecule has 0 heterocycles. The molecule has 0 aliphatic carbocycles. The van der Waals surface area contributed by atoms with E-state index in [2.05, 4.69) is 6.92 Å². The zero-order valence-corrected chi connectivity index (χ0v) is 8.80. The second-order valence-electron chi connectivity index (χ2n) is 3.76. The molecule has 0 saturated carbocycles. The molecular weight excluding hydrogens is 168 g/mol. The molecule has 0 amide bonds. The van der Waals surface area contributed by atoms with Gasteiger partial charge in [-0.1, -0.05) is 26.2 Å². The standard InChI is InChI=1S/C10H20O3/c1-4-5-6-7-8-13-9(11)10(2,3)12/h12H,4-8H2,1-3H3. The second-order valence-corrected chi connectivity index (χ2v) is 3.76. The molecule has 0 unspecified atom stereocenters. The van der Waals surface area contributed by atoms with Gasteiger partial charge in [-0.3, -0.25) is 0 Å². The van der Waals surface area contributed by atoms with Gasteiger partial charge in [-0.05, 0) is 20.3 Å². The number of carbonyl (C=O) groups is 1. The summed E-state index contributed by atoms with van der Waals surface area (Å²) in [4.78, 5) is 11.0. The number of aliphatic hydroxyl groups is 1. The van der Waals surface area contributed by atoms with Crippen LogP contribution in [0.25, 0.3) is 0 Å². The van der Waals surface area contributed by atoms with E-state index in [0.717, 1.165) is 12.8 Å².